The number of methoxy groups -OCH3 is 1. The molecule has 0 unspecified atom stereocenters. The second-order valence-electron chi connectivity index (χ2n) is 9.13. The number of carbonyl (C=O) groups is 1. The molecule has 208 valence electrons. The molecule has 0 aromatic heterocycles. The lowest BCUT2D eigenvalue weighted by Gasteiger charge is -2.41. The van der Waals surface area contributed by atoms with Crippen LogP contribution in [0.3, 0.4) is 0 Å². The van der Waals surface area contributed by atoms with E-state index < -0.39 is 36.6 Å². The Labute approximate surface area is 236 Å². The quantitative estimate of drug-likeness (QED) is 0.269. The van der Waals surface area contributed by atoms with E-state index in [9.17, 15) is 20.1 Å². The van der Waals surface area contributed by atoms with Crippen LogP contribution in [0.4, 0.5) is 10.5 Å². The Kier molecular flexibility index (Phi) is 10.1. The third kappa shape index (κ3) is 7.45. The van der Waals surface area contributed by atoms with Gasteiger partial charge in [-0.25, -0.2) is 4.79 Å². The third-order valence-electron chi connectivity index (χ3n) is 6.42. The number of aliphatic hydroxyl groups excluding tert-OH is 3. The van der Waals surface area contributed by atoms with Crippen molar-refractivity contribution >= 4 is 35.1 Å². The Morgan fingerprint density at radius 3 is 2.51 bits per heavy atom. The molecule has 1 fully saturated rings. The summed E-state index contributed by atoms with van der Waals surface area (Å²) in [7, 11) is 1.29. The molecule has 5 atom stereocenters. The van der Waals surface area contributed by atoms with E-state index in [1.807, 2.05) is 43.3 Å². The van der Waals surface area contributed by atoms with Gasteiger partial charge in [0.1, 0.15) is 30.2 Å². The number of hydrogen-bond acceptors (Lipinski definition) is 8. The van der Waals surface area contributed by atoms with Crippen molar-refractivity contribution in [1.29, 1.82) is 0 Å². The average molecular weight is 574 g/mol. The van der Waals surface area contributed by atoms with Crippen molar-refractivity contribution in [3.8, 4) is 5.75 Å². The fraction of sp³-hybridized carbons (Fsp3) is 0.345. The molecule has 3 aromatic rings. The minimum atomic E-state index is -1.40. The number of halogens is 1. The molecule has 39 heavy (non-hydrogen) atoms. The maximum absolute atomic E-state index is 11.5. The highest BCUT2D eigenvalue weighted by molar-refractivity contribution is 7.99. The van der Waals surface area contributed by atoms with Gasteiger partial charge in [0.2, 0.25) is 0 Å². The Bertz CT molecular complexity index is 1260. The molecule has 0 radical (unpaired) electrons. The van der Waals surface area contributed by atoms with Crippen molar-refractivity contribution in [3.63, 3.8) is 0 Å². The van der Waals surface area contributed by atoms with E-state index in [1.165, 1.54) is 18.9 Å². The molecule has 10 heteroatoms. The number of nitrogens with one attached hydrogen (secondary N) is 1. The first-order valence-corrected chi connectivity index (χ1v) is 13.9. The molecule has 1 heterocycles. The van der Waals surface area contributed by atoms with Gasteiger partial charge in [-0.15, -0.1) is 11.8 Å². The van der Waals surface area contributed by atoms with Crippen molar-refractivity contribution in [1.82, 2.24) is 0 Å². The molecule has 1 aliphatic heterocycles. The smallest absolute Gasteiger partial charge is 0.411 e. The summed E-state index contributed by atoms with van der Waals surface area (Å²) >= 11 is 7.89. The molecule has 4 rings (SSSR count). The fourth-order valence-electron chi connectivity index (χ4n) is 4.37. The molecular weight excluding hydrogens is 542 g/mol. The largest absolute Gasteiger partial charge is 0.494 e. The predicted octanol–water partition coefficient (Wildman–Crippen LogP) is 4.82. The Balaban J connectivity index is 1.47. The molecule has 1 saturated heterocycles. The molecule has 0 aliphatic carbocycles. The van der Waals surface area contributed by atoms with Gasteiger partial charge in [-0.3, -0.25) is 5.32 Å². The normalized spacial score (nSPS) is 22.8. The lowest BCUT2D eigenvalue weighted by atomic mass is 9.90. The second kappa shape index (κ2) is 13.5. The van der Waals surface area contributed by atoms with Gasteiger partial charge < -0.3 is 29.5 Å². The van der Waals surface area contributed by atoms with Crippen LogP contribution in [0, 0.1) is 0 Å². The van der Waals surface area contributed by atoms with Crippen LogP contribution in [0.1, 0.15) is 29.7 Å². The summed E-state index contributed by atoms with van der Waals surface area (Å²) in [5.41, 5.74) is 3.09. The molecule has 1 amide bonds. The molecule has 3 aromatic carbocycles. The highest BCUT2D eigenvalue weighted by Crippen LogP contribution is 2.36. The van der Waals surface area contributed by atoms with E-state index in [2.05, 4.69) is 10.1 Å². The number of aliphatic hydroxyl groups is 3. The highest BCUT2D eigenvalue weighted by atomic mass is 35.5. The van der Waals surface area contributed by atoms with E-state index in [-0.39, 0.29) is 0 Å². The summed E-state index contributed by atoms with van der Waals surface area (Å²) in [4.78, 5) is 12.3. The van der Waals surface area contributed by atoms with Gasteiger partial charge in [0.05, 0.1) is 19.8 Å². The van der Waals surface area contributed by atoms with Crippen LogP contribution in [0.5, 0.6) is 5.75 Å². The molecule has 8 nitrogen and oxygen atoms in total. The Hall–Kier alpha value is -2.79. The standard InChI is InChI=1S/C29H32ClNO7S/c1-3-37-21-10-7-17(8-11-21)13-19-14-18(9-12-23(19)30)28-27(34)26(33)25(32)24(38-28)16-39-22-6-4-5-20(15-22)31-29(35)36-2/h4-12,14-15,24-28,32-34H,3,13,16H2,1-2H3,(H,31,35)/t24-,25+,26-,27-,28+/m1/s1. The van der Waals surface area contributed by atoms with Gasteiger partial charge in [0.25, 0.3) is 0 Å². The molecule has 0 saturated carbocycles. The molecule has 4 N–H and O–H groups in total. The van der Waals surface area contributed by atoms with Crippen molar-refractivity contribution in [2.24, 2.45) is 0 Å². The number of ether oxygens (including phenoxy) is 3. The van der Waals surface area contributed by atoms with Crippen LogP contribution in [0.25, 0.3) is 0 Å². The van der Waals surface area contributed by atoms with E-state index in [0.717, 1.165) is 21.8 Å². The highest BCUT2D eigenvalue weighted by Gasteiger charge is 2.44. The first-order chi connectivity index (χ1) is 18.8. The Morgan fingerprint density at radius 2 is 1.79 bits per heavy atom. The fourth-order valence-corrected chi connectivity index (χ4v) is 5.57. The van der Waals surface area contributed by atoms with Crippen molar-refractivity contribution in [2.75, 3.05) is 24.8 Å². The number of rotatable bonds is 9. The minimum Gasteiger partial charge on any atom is -0.494 e. The monoisotopic (exact) mass is 573 g/mol. The Morgan fingerprint density at radius 1 is 1.03 bits per heavy atom. The van der Waals surface area contributed by atoms with Gasteiger partial charge in [0, 0.05) is 21.4 Å². The number of hydrogen-bond donors (Lipinski definition) is 4. The van der Waals surface area contributed by atoms with Crippen LogP contribution >= 0.6 is 23.4 Å². The average Bonchev–Trinajstić information content (AvgIpc) is 2.94. The zero-order valence-electron chi connectivity index (χ0n) is 21.6. The molecule has 0 spiro atoms. The lowest BCUT2D eigenvalue weighted by Crippen LogP contribution is -2.54. The summed E-state index contributed by atoms with van der Waals surface area (Å²) in [5.74, 6) is 1.10. The summed E-state index contributed by atoms with van der Waals surface area (Å²) in [6, 6.07) is 20.3. The van der Waals surface area contributed by atoms with Gasteiger partial charge in [-0.2, -0.15) is 0 Å². The van der Waals surface area contributed by atoms with Crippen molar-refractivity contribution in [3.05, 3.63) is 88.4 Å². The first-order valence-electron chi connectivity index (χ1n) is 12.6. The van der Waals surface area contributed by atoms with E-state index in [0.29, 0.717) is 35.1 Å². The van der Waals surface area contributed by atoms with E-state index in [4.69, 9.17) is 21.1 Å². The summed E-state index contributed by atoms with van der Waals surface area (Å²) in [6.45, 7) is 2.53. The van der Waals surface area contributed by atoms with Gasteiger partial charge in [-0.1, -0.05) is 41.9 Å². The SMILES string of the molecule is CCOc1ccc(Cc2cc([C@@H]3O[C@H](CSc4cccc(NC(=O)OC)c4)[C@H](O)[C@@H](O)[C@H]3O)ccc2Cl)cc1. The molecule has 0 bridgehead atoms. The second-order valence-corrected chi connectivity index (χ2v) is 10.6. The van der Waals surface area contributed by atoms with Crippen LogP contribution in [-0.2, 0) is 15.9 Å². The van der Waals surface area contributed by atoms with Gasteiger partial charge in [-0.05, 0) is 66.4 Å². The maximum Gasteiger partial charge on any atom is 0.411 e. The zero-order valence-corrected chi connectivity index (χ0v) is 23.2. The van der Waals surface area contributed by atoms with Crippen molar-refractivity contribution < 1.29 is 34.3 Å². The number of thioether (sulfide) groups is 1. The number of benzene rings is 3. The van der Waals surface area contributed by atoms with E-state index in [1.54, 1.807) is 30.3 Å². The summed E-state index contributed by atoms with van der Waals surface area (Å²) < 4.78 is 16.3. The number of anilines is 1. The van der Waals surface area contributed by atoms with E-state index >= 15 is 0 Å². The summed E-state index contributed by atoms with van der Waals surface area (Å²) in [5, 5.41) is 35.3. The van der Waals surface area contributed by atoms with Crippen LogP contribution in [-0.4, -0.2) is 65.3 Å². The van der Waals surface area contributed by atoms with Crippen LogP contribution in [0.15, 0.2) is 71.6 Å². The lowest BCUT2D eigenvalue weighted by molar-refractivity contribution is -0.218. The first kappa shape index (κ1) is 29.2. The van der Waals surface area contributed by atoms with Crippen LogP contribution in [0.2, 0.25) is 5.02 Å². The van der Waals surface area contributed by atoms with Gasteiger partial charge >= 0.3 is 6.09 Å². The van der Waals surface area contributed by atoms with Crippen LogP contribution < -0.4 is 10.1 Å². The number of amides is 1. The minimum absolute atomic E-state index is 0.301. The molecular formula is C29H32ClNO7S. The third-order valence-corrected chi connectivity index (χ3v) is 7.87. The maximum atomic E-state index is 11.5. The predicted molar refractivity (Wildman–Crippen MR) is 151 cm³/mol. The number of carbonyl (C=O) groups excluding carboxylic acids is 1. The molecule has 1 aliphatic rings. The summed E-state index contributed by atoms with van der Waals surface area (Å²) in [6.07, 6.45) is -5.65. The van der Waals surface area contributed by atoms with Gasteiger partial charge in [0.15, 0.2) is 0 Å². The zero-order chi connectivity index (χ0) is 27.9. The topological polar surface area (TPSA) is 117 Å². The van der Waals surface area contributed by atoms with Crippen molar-refractivity contribution in [2.45, 2.75) is 48.8 Å².